The Bertz CT molecular complexity index is 68.7. The van der Waals surface area contributed by atoms with Gasteiger partial charge < -0.3 is 14.2 Å². The third-order valence-electron chi connectivity index (χ3n) is 1.11. The maximum absolute atomic E-state index is 4.87. The predicted molar refractivity (Wildman–Crippen MR) is 34.0 cm³/mol. The zero-order valence-electron chi connectivity index (χ0n) is 6.14. The lowest BCUT2D eigenvalue weighted by molar-refractivity contribution is -0.199. The van der Waals surface area contributed by atoms with Gasteiger partial charge in [0, 0.05) is 28.3 Å². The molecule has 0 amide bonds. The molecule has 0 aliphatic carbocycles. The van der Waals surface area contributed by atoms with Crippen molar-refractivity contribution in [1.29, 1.82) is 0 Å². The summed E-state index contributed by atoms with van der Waals surface area (Å²) in [5.74, 6) is -0.839. The van der Waals surface area contributed by atoms with Crippen molar-refractivity contribution in [2.45, 2.75) is 5.79 Å². The summed E-state index contributed by atoms with van der Waals surface area (Å²) in [6.45, 7) is 3.96. The van der Waals surface area contributed by atoms with Crippen LogP contribution >= 0.6 is 0 Å². The molecule has 0 rings (SSSR count). The van der Waals surface area contributed by atoms with Gasteiger partial charge in [0.15, 0.2) is 5.79 Å². The van der Waals surface area contributed by atoms with Gasteiger partial charge in [-0.2, -0.15) is 0 Å². The van der Waals surface area contributed by atoms with E-state index in [0.29, 0.717) is 6.61 Å². The first-order valence-electron chi connectivity index (χ1n) is 2.63. The molecule has 9 heavy (non-hydrogen) atoms. The second kappa shape index (κ2) is 3.82. The van der Waals surface area contributed by atoms with Crippen LogP contribution in [-0.4, -0.2) is 33.7 Å². The Morgan fingerprint density at radius 3 is 1.78 bits per heavy atom. The Hall–Kier alpha value is -0.120. The summed E-state index contributed by atoms with van der Waals surface area (Å²) in [7, 11) is 4.61. The smallest absolute Gasteiger partial charge is 0.191 e. The third kappa shape index (κ3) is 2.79. The minimum Gasteiger partial charge on any atom is -0.379 e. The van der Waals surface area contributed by atoms with Crippen molar-refractivity contribution in [3.63, 3.8) is 0 Å². The lowest BCUT2D eigenvalue weighted by atomic mass is 10.3. The molecule has 0 bridgehead atoms. The van der Waals surface area contributed by atoms with Crippen LogP contribution in [0.1, 0.15) is 0 Å². The van der Waals surface area contributed by atoms with Gasteiger partial charge in [-0.1, -0.05) is 0 Å². The van der Waals surface area contributed by atoms with Crippen LogP contribution < -0.4 is 0 Å². The van der Waals surface area contributed by atoms with Gasteiger partial charge in [-0.15, -0.1) is 0 Å². The maximum atomic E-state index is 4.87. The second-order valence-electron chi connectivity index (χ2n) is 1.75. The van der Waals surface area contributed by atoms with Gasteiger partial charge in [-0.05, 0) is 0 Å². The highest BCUT2D eigenvalue weighted by Gasteiger charge is 2.21. The number of methoxy groups -OCH3 is 3. The fourth-order valence-corrected chi connectivity index (χ4v) is 0.421. The highest BCUT2D eigenvalue weighted by atomic mass is 16.7. The zero-order chi connectivity index (χ0) is 7.33. The van der Waals surface area contributed by atoms with Crippen LogP contribution in [0.15, 0.2) is 0 Å². The highest BCUT2D eigenvalue weighted by Crippen LogP contribution is 2.07. The quantitative estimate of drug-likeness (QED) is 0.521. The summed E-state index contributed by atoms with van der Waals surface area (Å²) in [4.78, 5) is 0. The van der Waals surface area contributed by atoms with E-state index in [9.17, 15) is 0 Å². The van der Waals surface area contributed by atoms with Gasteiger partial charge >= 0.3 is 0 Å². The Morgan fingerprint density at radius 1 is 1.22 bits per heavy atom. The van der Waals surface area contributed by atoms with Gasteiger partial charge in [-0.3, -0.25) is 0 Å². The summed E-state index contributed by atoms with van der Waals surface area (Å²) >= 11 is 0. The van der Waals surface area contributed by atoms with Gasteiger partial charge in [0.2, 0.25) is 0 Å². The first-order chi connectivity index (χ1) is 4.18. The van der Waals surface area contributed by atoms with E-state index in [2.05, 4.69) is 6.92 Å². The SMILES string of the molecule is [CH2]C(COC)(OC)OC. The van der Waals surface area contributed by atoms with Crippen LogP contribution in [0, 0.1) is 6.92 Å². The van der Waals surface area contributed by atoms with E-state index < -0.39 is 5.79 Å². The number of rotatable bonds is 4. The Labute approximate surface area is 55.9 Å². The van der Waals surface area contributed by atoms with Crippen molar-refractivity contribution in [2.75, 3.05) is 27.9 Å². The fourth-order valence-electron chi connectivity index (χ4n) is 0.421. The van der Waals surface area contributed by atoms with Crippen LogP contribution in [0.4, 0.5) is 0 Å². The Balaban J connectivity index is 3.62. The number of ether oxygens (including phenoxy) is 3. The van der Waals surface area contributed by atoms with Crippen molar-refractivity contribution in [1.82, 2.24) is 0 Å². The van der Waals surface area contributed by atoms with E-state index in [1.807, 2.05) is 0 Å². The van der Waals surface area contributed by atoms with E-state index in [-0.39, 0.29) is 0 Å². The second-order valence-corrected chi connectivity index (χ2v) is 1.75. The molecule has 0 saturated heterocycles. The molecule has 3 heteroatoms. The molecule has 0 aromatic carbocycles. The molecule has 0 spiro atoms. The average Bonchev–Trinajstić information content (AvgIpc) is 1.89. The minimum atomic E-state index is -0.839. The van der Waals surface area contributed by atoms with Gasteiger partial charge in [0.1, 0.15) is 6.61 Å². The lowest BCUT2D eigenvalue weighted by Crippen LogP contribution is -2.35. The Kier molecular flexibility index (Phi) is 3.77. The van der Waals surface area contributed by atoms with Crippen molar-refractivity contribution in [2.24, 2.45) is 0 Å². The van der Waals surface area contributed by atoms with Crippen molar-refractivity contribution in [3.8, 4) is 0 Å². The van der Waals surface area contributed by atoms with Crippen LogP contribution in [-0.2, 0) is 14.2 Å². The molecular formula is C6H13O3. The predicted octanol–water partition coefficient (Wildman–Crippen LogP) is 0.456. The summed E-state index contributed by atoms with van der Waals surface area (Å²) in [6, 6.07) is 0. The lowest BCUT2D eigenvalue weighted by Gasteiger charge is -2.24. The van der Waals surface area contributed by atoms with Gasteiger partial charge in [0.25, 0.3) is 0 Å². The topological polar surface area (TPSA) is 27.7 Å². The summed E-state index contributed by atoms with van der Waals surface area (Å²) in [5, 5.41) is 0. The van der Waals surface area contributed by atoms with Crippen LogP contribution in [0.3, 0.4) is 0 Å². The average molecular weight is 133 g/mol. The molecule has 0 aromatic rings. The van der Waals surface area contributed by atoms with E-state index in [1.165, 1.54) is 14.2 Å². The van der Waals surface area contributed by atoms with Crippen LogP contribution in [0.5, 0.6) is 0 Å². The van der Waals surface area contributed by atoms with E-state index in [1.54, 1.807) is 7.11 Å². The number of hydrogen-bond donors (Lipinski definition) is 0. The first-order valence-corrected chi connectivity index (χ1v) is 2.63. The van der Waals surface area contributed by atoms with Crippen molar-refractivity contribution in [3.05, 3.63) is 6.92 Å². The summed E-state index contributed by atoms with van der Waals surface area (Å²) in [5.41, 5.74) is 0. The molecule has 0 fully saturated rings. The molecule has 0 aliphatic rings. The minimum absolute atomic E-state index is 0.333. The molecule has 0 aromatic heterocycles. The summed E-state index contributed by atoms with van der Waals surface area (Å²) in [6.07, 6.45) is 0. The molecule has 0 atom stereocenters. The molecular weight excluding hydrogens is 120 g/mol. The molecule has 0 heterocycles. The number of hydrogen-bond acceptors (Lipinski definition) is 3. The van der Waals surface area contributed by atoms with E-state index in [0.717, 1.165) is 0 Å². The molecule has 0 N–H and O–H groups in total. The van der Waals surface area contributed by atoms with Gasteiger partial charge in [0.05, 0.1) is 0 Å². The van der Waals surface area contributed by atoms with Gasteiger partial charge in [-0.25, -0.2) is 0 Å². The monoisotopic (exact) mass is 133 g/mol. The van der Waals surface area contributed by atoms with Crippen molar-refractivity contribution >= 4 is 0 Å². The van der Waals surface area contributed by atoms with Crippen molar-refractivity contribution < 1.29 is 14.2 Å². The normalized spacial score (nSPS) is 12.0. The fraction of sp³-hybridized carbons (Fsp3) is 0.833. The molecule has 0 saturated carbocycles. The zero-order valence-corrected chi connectivity index (χ0v) is 6.14. The largest absolute Gasteiger partial charge is 0.379 e. The first kappa shape index (κ1) is 8.88. The molecule has 0 unspecified atom stereocenters. The van der Waals surface area contributed by atoms with E-state index >= 15 is 0 Å². The van der Waals surface area contributed by atoms with E-state index in [4.69, 9.17) is 14.2 Å². The molecule has 55 valence electrons. The summed E-state index contributed by atoms with van der Waals surface area (Å²) < 4.78 is 14.5. The van der Waals surface area contributed by atoms with Crippen LogP contribution in [0.2, 0.25) is 0 Å². The standard InChI is InChI=1S/C6H13O3/c1-6(8-3,9-4)5-7-2/h1,5H2,2-4H3. The Morgan fingerprint density at radius 2 is 1.67 bits per heavy atom. The molecule has 0 aliphatic heterocycles. The molecule has 1 radical (unpaired) electrons. The van der Waals surface area contributed by atoms with Crippen LogP contribution in [0.25, 0.3) is 0 Å². The third-order valence-corrected chi connectivity index (χ3v) is 1.11. The molecule has 3 nitrogen and oxygen atoms in total. The highest BCUT2D eigenvalue weighted by molar-refractivity contribution is 4.69. The maximum Gasteiger partial charge on any atom is 0.191 e.